The molecule has 1 rings (SSSR count). The monoisotopic (exact) mass is 267 g/mol. The average Bonchev–Trinajstić information content (AvgIpc) is 2.30. The minimum absolute atomic E-state index is 0.0567. The Kier molecular flexibility index (Phi) is 4.42. The first-order valence-electron chi connectivity index (χ1n) is 6.19. The highest BCUT2D eigenvalue weighted by atomic mass is 16.4. The molecule has 0 saturated carbocycles. The third-order valence-corrected chi connectivity index (χ3v) is 3.59. The van der Waals surface area contributed by atoms with Crippen LogP contribution in [-0.4, -0.2) is 26.8 Å². The number of phenolic OH excluding ortho intramolecular Hbond substituents is 2. The van der Waals surface area contributed by atoms with Gasteiger partial charge in [-0.2, -0.15) is 0 Å². The molecule has 0 aliphatic rings. The summed E-state index contributed by atoms with van der Waals surface area (Å²) in [6, 6.07) is 4.32. The lowest BCUT2D eigenvalue weighted by Gasteiger charge is -2.28. The number of nitrogens with two attached hydrogens (primary N) is 1. The van der Waals surface area contributed by atoms with Gasteiger partial charge in [0.1, 0.15) is 17.0 Å². The van der Waals surface area contributed by atoms with Gasteiger partial charge in [-0.1, -0.05) is 13.8 Å². The Morgan fingerprint density at radius 1 is 1.37 bits per heavy atom. The minimum Gasteiger partial charge on any atom is -0.508 e. The van der Waals surface area contributed by atoms with Gasteiger partial charge in [-0.3, -0.25) is 4.79 Å². The first-order valence-corrected chi connectivity index (χ1v) is 6.19. The summed E-state index contributed by atoms with van der Waals surface area (Å²) in [5.41, 5.74) is 5.02. The van der Waals surface area contributed by atoms with Gasteiger partial charge in [0, 0.05) is 5.56 Å². The molecule has 3 unspecified atom stereocenters. The van der Waals surface area contributed by atoms with Crippen LogP contribution in [0.2, 0.25) is 0 Å². The van der Waals surface area contributed by atoms with Crippen LogP contribution in [0.15, 0.2) is 18.2 Å². The molecule has 0 saturated heterocycles. The summed E-state index contributed by atoms with van der Waals surface area (Å²) >= 11 is 0. The summed E-state index contributed by atoms with van der Waals surface area (Å²) < 4.78 is 0. The average molecular weight is 267 g/mol. The first-order chi connectivity index (χ1) is 8.65. The van der Waals surface area contributed by atoms with E-state index in [1.807, 2.05) is 13.8 Å². The van der Waals surface area contributed by atoms with Crippen LogP contribution < -0.4 is 5.73 Å². The zero-order chi connectivity index (χ0) is 14.8. The van der Waals surface area contributed by atoms with Crippen molar-refractivity contribution in [2.75, 3.05) is 0 Å². The van der Waals surface area contributed by atoms with Gasteiger partial charge in [-0.25, -0.2) is 0 Å². The molecule has 19 heavy (non-hydrogen) atoms. The maximum atomic E-state index is 11.0. The molecule has 1 aromatic carbocycles. The van der Waals surface area contributed by atoms with Crippen molar-refractivity contribution in [3.8, 4) is 11.5 Å². The Labute approximate surface area is 112 Å². The smallest absolute Gasteiger partial charge is 0.323 e. The van der Waals surface area contributed by atoms with Crippen molar-refractivity contribution < 1.29 is 20.1 Å². The van der Waals surface area contributed by atoms with Crippen molar-refractivity contribution >= 4 is 5.97 Å². The molecular weight excluding hydrogens is 246 g/mol. The third-order valence-electron chi connectivity index (χ3n) is 3.59. The van der Waals surface area contributed by atoms with E-state index in [9.17, 15) is 15.0 Å². The van der Waals surface area contributed by atoms with E-state index in [4.69, 9.17) is 10.8 Å². The number of carboxylic acids is 1. The van der Waals surface area contributed by atoms with Gasteiger partial charge in [-0.15, -0.1) is 0 Å². The van der Waals surface area contributed by atoms with E-state index in [1.54, 1.807) is 0 Å². The van der Waals surface area contributed by atoms with Gasteiger partial charge in [0.2, 0.25) is 0 Å². The predicted molar refractivity (Wildman–Crippen MR) is 72.2 cm³/mol. The minimum atomic E-state index is -1.31. The SMILES string of the molecule is CC(CC(C)(N)C(=O)O)C(C)c1cc(O)ccc1O. The van der Waals surface area contributed by atoms with E-state index < -0.39 is 11.5 Å². The van der Waals surface area contributed by atoms with E-state index in [0.717, 1.165) is 0 Å². The van der Waals surface area contributed by atoms with E-state index in [1.165, 1.54) is 25.1 Å². The number of phenols is 2. The van der Waals surface area contributed by atoms with E-state index >= 15 is 0 Å². The molecule has 0 amide bonds. The summed E-state index contributed by atoms with van der Waals surface area (Å²) in [6.45, 7) is 5.22. The number of hydrogen-bond acceptors (Lipinski definition) is 4. The highest BCUT2D eigenvalue weighted by molar-refractivity contribution is 5.77. The molecule has 5 nitrogen and oxygen atoms in total. The Hall–Kier alpha value is -1.75. The molecule has 0 radical (unpaired) electrons. The molecule has 0 aliphatic heterocycles. The van der Waals surface area contributed by atoms with E-state index in [0.29, 0.717) is 5.56 Å². The fraction of sp³-hybridized carbons (Fsp3) is 0.500. The fourth-order valence-electron chi connectivity index (χ4n) is 2.15. The van der Waals surface area contributed by atoms with Crippen molar-refractivity contribution in [3.63, 3.8) is 0 Å². The van der Waals surface area contributed by atoms with Gasteiger partial charge in [0.15, 0.2) is 0 Å². The molecule has 106 valence electrons. The standard InChI is InChI=1S/C14H21NO4/c1-8(7-14(3,15)13(18)19)9(2)11-6-10(16)4-5-12(11)17/h4-6,8-9,16-17H,7,15H2,1-3H3,(H,18,19). The summed E-state index contributed by atoms with van der Waals surface area (Å²) in [4.78, 5) is 11.0. The van der Waals surface area contributed by atoms with Crippen molar-refractivity contribution in [1.82, 2.24) is 0 Å². The molecule has 3 atom stereocenters. The number of benzene rings is 1. The normalized spacial score (nSPS) is 17.5. The topological polar surface area (TPSA) is 104 Å². The Morgan fingerprint density at radius 2 is 1.95 bits per heavy atom. The van der Waals surface area contributed by atoms with Crippen molar-refractivity contribution in [1.29, 1.82) is 0 Å². The lowest BCUT2D eigenvalue weighted by Crippen LogP contribution is -2.46. The van der Waals surface area contributed by atoms with Gasteiger partial charge in [0.25, 0.3) is 0 Å². The van der Waals surface area contributed by atoms with Gasteiger partial charge >= 0.3 is 5.97 Å². The summed E-state index contributed by atoms with van der Waals surface area (Å²) in [6.07, 6.45) is 0.276. The molecule has 0 bridgehead atoms. The second-order valence-corrected chi connectivity index (χ2v) is 5.44. The third kappa shape index (κ3) is 3.61. The van der Waals surface area contributed by atoms with Crippen LogP contribution in [0.5, 0.6) is 11.5 Å². The zero-order valence-electron chi connectivity index (χ0n) is 11.4. The summed E-state index contributed by atoms with van der Waals surface area (Å²) in [5.74, 6) is -1.06. The number of hydrogen-bond donors (Lipinski definition) is 4. The van der Waals surface area contributed by atoms with E-state index in [-0.39, 0.29) is 29.8 Å². The zero-order valence-corrected chi connectivity index (χ0v) is 11.4. The van der Waals surface area contributed by atoms with Crippen molar-refractivity contribution in [2.45, 2.75) is 38.6 Å². The molecule has 0 heterocycles. The number of aromatic hydroxyl groups is 2. The maximum Gasteiger partial charge on any atom is 0.323 e. The van der Waals surface area contributed by atoms with Gasteiger partial charge < -0.3 is 21.1 Å². The number of aliphatic carboxylic acids is 1. The maximum absolute atomic E-state index is 11.0. The van der Waals surface area contributed by atoms with E-state index in [2.05, 4.69) is 0 Å². The predicted octanol–water partition coefficient (Wildman–Crippen LogP) is 2.03. The molecule has 0 aromatic heterocycles. The van der Waals surface area contributed by atoms with Crippen LogP contribution in [0.4, 0.5) is 0 Å². The lowest BCUT2D eigenvalue weighted by atomic mass is 9.80. The molecular formula is C14H21NO4. The highest BCUT2D eigenvalue weighted by Gasteiger charge is 2.32. The summed E-state index contributed by atoms with van der Waals surface area (Å²) in [5, 5.41) is 28.3. The van der Waals surface area contributed by atoms with Gasteiger partial charge in [0.05, 0.1) is 0 Å². The molecule has 1 aromatic rings. The summed E-state index contributed by atoms with van der Waals surface area (Å²) in [7, 11) is 0. The van der Waals surface area contributed by atoms with Crippen LogP contribution in [-0.2, 0) is 4.79 Å². The Balaban J connectivity index is 2.91. The molecule has 5 N–H and O–H groups in total. The lowest BCUT2D eigenvalue weighted by molar-refractivity contribution is -0.143. The first kappa shape index (κ1) is 15.3. The second kappa shape index (κ2) is 5.48. The van der Waals surface area contributed by atoms with Crippen molar-refractivity contribution in [2.24, 2.45) is 11.7 Å². The van der Waals surface area contributed by atoms with Crippen LogP contribution in [0, 0.1) is 5.92 Å². The number of carbonyl (C=O) groups is 1. The Morgan fingerprint density at radius 3 is 2.47 bits per heavy atom. The number of rotatable bonds is 5. The Bertz CT molecular complexity index is 471. The van der Waals surface area contributed by atoms with Crippen LogP contribution in [0.25, 0.3) is 0 Å². The van der Waals surface area contributed by atoms with Crippen molar-refractivity contribution in [3.05, 3.63) is 23.8 Å². The van der Waals surface area contributed by atoms with Gasteiger partial charge in [-0.05, 0) is 43.4 Å². The largest absolute Gasteiger partial charge is 0.508 e. The molecule has 0 spiro atoms. The molecule has 0 fully saturated rings. The highest BCUT2D eigenvalue weighted by Crippen LogP contribution is 2.36. The fourth-order valence-corrected chi connectivity index (χ4v) is 2.15. The number of carboxylic acid groups (broad SMARTS) is 1. The molecule has 5 heteroatoms. The van der Waals surface area contributed by atoms with Crippen LogP contribution >= 0.6 is 0 Å². The van der Waals surface area contributed by atoms with Crippen LogP contribution in [0.3, 0.4) is 0 Å². The van der Waals surface area contributed by atoms with Crippen LogP contribution in [0.1, 0.15) is 38.7 Å². The second-order valence-electron chi connectivity index (χ2n) is 5.44. The quantitative estimate of drug-likeness (QED) is 0.611. The molecule has 0 aliphatic carbocycles.